The van der Waals surface area contributed by atoms with Gasteiger partial charge in [0.05, 0.1) is 6.61 Å². The molecule has 3 aromatic rings. The van der Waals surface area contributed by atoms with E-state index in [1.165, 1.54) is 5.56 Å². The number of ether oxygens (including phenoxy) is 1. The lowest BCUT2D eigenvalue weighted by Crippen LogP contribution is -2.06. The van der Waals surface area contributed by atoms with E-state index in [9.17, 15) is 4.79 Å². The molecular weight excluding hydrogens is 290 g/mol. The molecule has 1 heterocycles. The van der Waals surface area contributed by atoms with Crippen LogP contribution in [-0.2, 0) is 4.74 Å². The van der Waals surface area contributed by atoms with E-state index in [0.29, 0.717) is 12.3 Å². The predicted octanol–water partition coefficient (Wildman–Crippen LogP) is 3.62. The van der Waals surface area contributed by atoms with Crippen LogP contribution in [0, 0.1) is 6.92 Å². The molecule has 0 aliphatic heterocycles. The average molecular weight is 307 g/mol. The van der Waals surface area contributed by atoms with Gasteiger partial charge in [-0.1, -0.05) is 42.5 Å². The molecule has 0 atom stereocenters. The lowest BCUT2D eigenvalue weighted by Gasteiger charge is -2.07. The number of aromatic amines is 1. The smallest absolute Gasteiger partial charge is 0.361 e. The van der Waals surface area contributed by atoms with Crippen molar-refractivity contribution in [1.82, 2.24) is 15.4 Å². The van der Waals surface area contributed by atoms with Gasteiger partial charge in [-0.05, 0) is 36.6 Å². The van der Waals surface area contributed by atoms with Gasteiger partial charge < -0.3 is 4.74 Å². The molecule has 0 bridgehead atoms. The third-order valence-electron chi connectivity index (χ3n) is 3.61. The molecule has 0 radical (unpaired) electrons. The number of nitrogens with zero attached hydrogens (tertiary/aromatic N) is 2. The quantitative estimate of drug-likeness (QED) is 0.747. The summed E-state index contributed by atoms with van der Waals surface area (Å²) in [7, 11) is 0. The highest BCUT2D eigenvalue weighted by molar-refractivity contribution is 5.94. The molecule has 5 nitrogen and oxygen atoms in total. The lowest BCUT2D eigenvalue weighted by molar-refractivity contribution is 0.0520. The molecule has 0 amide bonds. The van der Waals surface area contributed by atoms with Gasteiger partial charge >= 0.3 is 5.97 Å². The average Bonchev–Trinajstić information content (AvgIpc) is 3.05. The van der Waals surface area contributed by atoms with Gasteiger partial charge in [-0.2, -0.15) is 10.3 Å². The highest BCUT2D eigenvalue weighted by Gasteiger charge is 2.19. The van der Waals surface area contributed by atoms with Crippen LogP contribution >= 0.6 is 0 Å². The molecule has 3 rings (SSSR count). The Hall–Kier alpha value is -2.95. The summed E-state index contributed by atoms with van der Waals surface area (Å²) in [6.07, 6.45) is 0. The number of carbonyl (C=O) groups is 1. The van der Waals surface area contributed by atoms with Crippen molar-refractivity contribution in [3.63, 3.8) is 0 Å². The summed E-state index contributed by atoms with van der Waals surface area (Å²) in [6.45, 7) is 4.13. The minimum absolute atomic E-state index is 0.203. The molecule has 0 aliphatic carbocycles. The second kappa shape index (κ2) is 6.44. The van der Waals surface area contributed by atoms with Crippen molar-refractivity contribution in [1.29, 1.82) is 0 Å². The molecule has 1 aromatic heterocycles. The molecule has 1 N–H and O–H groups in total. The largest absolute Gasteiger partial charge is 0.461 e. The van der Waals surface area contributed by atoms with Crippen LogP contribution in [0.25, 0.3) is 22.4 Å². The van der Waals surface area contributed by atoms with E-state index in [-0.39, 0.29) is 5.69 Å². The second-order valence-corrected chi connectivity index (χ2v) is 5.14. The molecular formula is C18H17N3O2. The van der Waals surface area contributed by atoms with Crippen molar-refractivity contribution >= 4 is 5.97 Å². The van der Waals surface area contributed by atoms with Crippen LogP contribution in [0.2, 0.25) is 0 Å². The maximum atomic E-state index is 12.0. The van der Waals surface area contributed by atoms with Crippen LogP contribution in [0.1, 0.15) is 23.0 Å². The number of nitrogens with one attached hydrogen (secondary N) is 1. The first-order valence-electron chi connectivity index (χ1n) is 7.45. The molecule has 0 unspecified atom stereocenters. The van der Waals surface area contributed by atoms with Gasteiger partial charge in [-0.25, -0.2) is 4.79 Å². The summed E-state index contributed by atoms with van der Waals surface area (Å²) >= 11 is 0. The van der Waals surface area contributed by atoms with Crippen molar-refractivity contribution in [3.05, 3.63) is 59.8 Å². The van der Waals surface area contributed by atoms with Crippen LogP contribution in [0.15, 0.2) is 48.5 Å². The first kappa shape index (κ1) is 15.0. The van der Waals surface area contributed by atoms with E-state index in [0.717, 1.165) is 16.7 Å². The van der Waals surface area contributed by atoms with Crippen molar-refractivity contribution in [3.8, 4) is 22.4 Å². The number of aromatic nitrogens is 3. The normalized spacial score (nSPS) is 10.5. The third-order valence-corrected chi connectivity index (χ3v) is 3.61. The van der Waals surface area contributed by atoms with Crippen LogP contribution < -0.4 is 0 Å². The molecule has 5 heteroatoms. The van der Waals surface area contributed by atoms with E-state index in [2.05, 4.69) is 34.5 Å². The summed E-state index contributed by atoms with van der Waals surface area (Å²) in [6, 6.07) is 16.1. The fraction of sp³-hybridized carbons (Fsp3) is 0.167. The van der Waals surface area contributed by atoms with Gasteiger partial charge in [-0.15, -0.1) is 5.10 Å². The number of aryl methyl sites for hydroxylation is 1. The Balaban J connectivity index is 2.03. The summed E-state index contributed by atoms with van der Waals surface area (Å²) in [5.74, 6) is -0.474. The Morgan fingerprint density at radius 3 is 2.65 bits per heavy atom. The molecule has 0 fully saturated rings. The zero-order chi connectivity index (χ0) is 16.2. The maximum absolute atomic E-state index is 12.0. The predicted molar refractivity (Wildman–Crippen MR) is 87.9 cm³/mol. The minimum atomic E-state index is -0.474. The lowest BCUT2D eigenvalue weighted by atomic mass is 9.98. The van der Waals surface area contributed by atoms with Gasteiger partial charge in [0.1, 0.15) is 5.69 Å². The number of benzene rings is 2. The Bertz CT molecular complexity index is 840. The summed E-state index contributed by atoms with van der Waals surface area (Å²) in [4.78, 5) is 12.0. The van der Waals surface area contributed by atoms with Crippen molar-refractivity contribution < 1.29 is 9.53 Å². The molecule has 2 aromatic carbocycles. The number of esters is 1. The standard InChI is InChI=1S/C18H17N3O2/c1-3-23-18(22)17-16(19-21-20-17)14-9-6-8-13(11-14)15-10-5-4-7-12(15)2/h4-11H,3H2,1-2H3,(H,19,20,21). The van der Waals surface area contributed by atoms with E-state index >= 15 is 0 Å². The van der Waals surface area contributed by atoms with E-state index in [1.807, 2.05) is 36.4 Å². The summed E-state index contributed by atoms with van der Waals surface area (Å²) < 4.78 is 5.02. The van der Waals surface area contributed by atoms with Crippen LogP contribution in [-0.4, -0.2) is 28.0 Å². The summed E-state index contributed by atoms with van der Waals surface area (Å²) in [5.41, 5.74) is 4.93. The van der Waals surface area contributed by atoms with Crippen LogP contribution in [0.5, 0.6) is 0 Å². The van der Waals surface area contributed by atoms with E-state index in [4.69, 9.17) is 4.74 Å². The fourth-order valence-electron chi connectivity index (χ4n) is 2.50. The molecule has 0 aliphatic rings. The number of hydrogen-bond donors (Lipinski definition) is 1. The number of carbonyl (C=O) groups excluding carboxylic acids is 1. The number of rotatable bonds is 4. The molecule has 0 saturated heterocycles. The molecule has 23 heavy (non-hydrogen) atoms. The zero-order valence-electron chi connectivity index (χ0n) is 13.0. The zero-order valence-corrected chi connectivity index (χ0v) is 13.0. The highest BCUT2D eigenvalue weighted by atomic mass is 16.5. The van der Waals surface area contributed by atoms with E-state index in [1.54, 1.807) is 6.92 Å². The summed E-state index contributed by atoms with van der Waals surface area (Å²) in [5, 5.41) is 10.5. The number of hydrogen-bond acceptors (Lipinski definition) is 4. The first-order valence-corrected chi connectivity index (χ1v) is 7.45. The van der Waals surface area contributed by atoms with Crippen molar-refractivity contribution in [2.45, 2.75) is 13.8 Å². The minimum Gasteiger partial charge on any atom is -0.461 e. The fourth-order valence-corrected chi connectivity index (χ4v) is 2.50. The van der Waals surface area contributed by atoms with Crippen LogP contribution in [0.3, 0.4) is 0 Å². The highest BCUT2D eigenvalue weighted by Crippen LogP contribution is 2.28. The Kier molecular flexibility index (Phi) is 4.19. The van der Waals surface area contributed by atoms with Gasteiger partial charge in [0.2, 0.25) is 0 Å². The Labute approximate surface area is 134 Å². The number of H-pyrrole nitrogens is 1. The van der Waals surface area contributed by atoms with E-state index < -0.39 is 5.97 Å². The van der Waals surface area contributed by atoms with Gasteiger partial charge in [-0.3, -0.25) is 0 Å². The van der Waals surface area contributed by atoms with Gasteiger partial charge in [0.15, 0.2) is 5.69 Å². The first-order chi connectivity index (χ1) is 11.2. The molecule has 0 saturated carbocycles. The third kappa shape index (κ3) is 2.99. The maximum Gasteiger partial charge on any atom is 0.361 e. The van der Waals surface area contributed by atoms with Gasteiger partial charge in [0, 0.05) is 5.56 Å². The van der Waals surface area contributed by atoms with Crippen LogP contribution in [0.4, 0.5) is 0 Å². The monoisotopic (exact) mass is 307 g/mol. The second-order valence-electron chi connectivity index (χ2n) is 5.14. The van der Waals surface area contributed by atoms with Crippen molar-refractivity contribution in [2.24, 2.45) is 0 Å². The topological polar surface area (TPSA) is 67.9 Å². The molecule has 0 spiro atoms. The molecule has 116 valence electrons. The Morgan fingerprint density at radius 1 is 1.09 bits per heavy atom. The Morgan fingerprint density at radius 2 is 1.87 bits per heavy atom. The van der Waals surface area contributed by atoms with Gasteiger partial charge in [0.25, 0.3) is 0 Å². The van der Waals surface area contributed by atoms with Crippen molar-refractivity contribution in [2.75, 3.05) is 6.61 Å². The SMILES string of the molecule is CCOC(=O)c1n[nH]nc1-c1cccc(-c2ccccc2C)c1.